The molecule has 0 radical (unpaired) electrons. The Morgan fingerprint density at radius 3 is 2.29 bits per heavy atom. The Labute approximate surface area is 125 Å². The third kappa shape index (κ3) is 3.82. The van der Waals surface area contributed by atoms with Crippen LogP contribution in [-0.4, -0.2) is 24.8 Å². The highest BCUT2D eigenvalue weighted by Gasteiger charge is 2.34. The van der Waals surface area contributed by atoms with Gasteiger partial charge in [-0.2, -0.15) is 5.26 Å². The molecule has 0 aromatic heterocycles. The van der Waals surface area contributed by atoms with E-state index in [9.17, 15) is 13.2 Å². The van der Waals surface area contributed by atoms with E-state index in [0.29, 0.717) is 11.3 Å². The number of anilines is 1. The van der Waals surface area contributed by atoms with Crippen LogP contribution in [-0.2, 0) is 14.6 Å². The maximum absolute atomic E-state index is 12.3. The minimum Gasteiger partial charge on any atom is -0.324 e. The fraction of sp³-hybridized carbons (Fsp3) is 0.467. The van der Waals surface area contributed by atoms with Gasteiger partial charge in [-0.1, -0.05) is 26.0 Å². The molecule has 1 aromatic rings. The fourth-order valence-corrected chi connectivity index (χ4v) is 3.53. The second kappa shape index (κ2) is 6.72. The van der Waals surface area contributed by atoms with E-state index < -0.39 is 26.2 Å². The molecule has 1 rings (SSSR count). The average molecular weight is 308 g/mol. The predicted octanol–water partition coefficient (Wildman–Crippen LogP) is 2.34. The van der Waals surface area contributed by atoms with E-state index in [-0.39, 0.29) is 5.92 Å². The van der Waals surface area contributed by atoms with Gasteiger partial charge in [-0.15, -0.1) is 0 Å². The summed E-state index contributed by atoms with van der Waals surface area (Å²) in [6.45, 7) is 6.58. The first-order valence-corrected chi connectivity index (χ1v) is 8.35. The molecule has 5 nitrogen and oxygen atoms in total. The van der Waals surface area contributed by atoms with Crippen molar-refractivity contribution in [2.45, 2.75) is 38.2 Å². The molecule has 1 aromatic carbocycles. The molecule has 0 saturated carbocycles. The van der Waals surface area contributed by atoms with Gasteiger partial charge in [-0.3, -0.25) is 4.79 Å². The van der Waals surface area contributed by atoms with Crippen molar-refractivity contribution in [3.8, 4) is 6.07 Å². The Morgan fingerprint density at radius 1 is 1.19 bits per heavy atom. The molecule has 0 bridgehead atoms. The Bertz CT molecular complexity index is 660. The van der Waals surface area contributed by atoms with Gasteiger partial charge >= 0.3 is 0 Å². The zero-order valence-electron chi connectivity index (χ0n) is 12.6. The number of carbonyl (C=O) groups is 1. The van der Waals surface area contributed by atoms with Gasteiger partial charge in [0.1, 0.15) is 11.3 Å². The molecule has 21 heavy (non-hydrogen) atoms. The van der Waals surface area contributed by atoms with E-state index in [1.54, 1.807) is 45.0 Å². The Balaban J connectivity index is 2.97. The number of para-hydroxylation sites is 1. The van der Waals surface area contributed by atoms with Gasteiger partial charge in [0.15, 0.2) is 9.84 Å². The molecule has 0 fully saturated rings. The van der Waals surface area contributed by atoms with Crippen LogP contribution in [0.1, 0.15) is 33.3 Å². The zero-order valence-corrected chi connectivity index (χ0v) is 13.4. The van der Waals surface area contributed by atoms with Crippen LogP contribution >= 0.6 is 0 Å². The van der Waals surface area contributed by atoms with Crippen LogP contribution in [0, 0.1) is 17.2 Å². The molecular formula is C15H20N2O3S. The number of nitrogens with one attached hydrogen (secondary N) is 1. The number of sulfone groups is 1. The van der Waals surface area contributed by atoms with Crippen LogP contribution < -0.4 is 5.32 Å². The van der Waals surface area contributed by atoms with E-state index in [4.69, 9.17) is 5.26 Å². The van der Waals surface area contributed by atoms with Crippen molar-refractivity contribution in [1.29, 1.82) is 5.26 Å². The van der Waals surface area contributed by atoms with Crippen molar-refractivity contribution in [3.05, 3.63) is 29.8 Å². The number of amides is 1. The van der Waals surface area contributed by atoms with Crippen molar-refractivity contribution < 1.29 is 13.2 Å². The van der Waals surface area contributed by atoms with Crippen molar-refractivity contribution in [2.24, 2.45) is 5.92 Å². The van der Waals surface area contributed by atoms with Crippen LogP contribution in [0.25, 0.3) is 0 Å². The van der Waals surface area contributed by atoms with E-state index in [1.807, 2.05) is 6.07 Å². The van der Waals surface area contributed by atoms with E-state index in [0.717, 1.165) is 0 Å². The molecule has 1 amide bonds. The predicted molar refractivity (Wildman–Crippen MR) is 82.5 cm³/mol. The second-order valence-corrected chi connectivity index (χ2v) is 7.96. The first-order valence-electron chi connectivity index (χ1n) is 6.74. The molecule has 0 aliphatic rings. The SMILES string of the molecule is CC(C)C(C)S(=O)(=O)C(C)C(=O)Nc1ccccc1C#N. The summed E-state index contributed by atoms with van der Waals surface area (Å²) in [7, 11) is -3.57. The third-order valence-corrected chi connectivity index (χ3v) is 6.40. The monoisotopic (exact) mass is 308 g/mol. The minimum absolute atomic E-state index is 0.0726. The number of rotatable bonds is 5. The molecule has 6 heteroatoms. The van der Waals surface area contributed by atoms with Crippen LogP contribution in [0.4, 0.5) is 5.69 Å². The number of nitriles is 1. The largest absolute Gasteiger partial charge is 0.324 e. The summed E-state index contributed by atoms with van der Waals surface area (Å²) in [5.41, 5.74) is 0.622. The molecule has 0 aliphatic carbocycles. The summed E-state index contributed by atoms with van der Waals surface area (Å²) in [4.78, 5) is 12.2. The van der Waals surface area contributed by atoms with Gasteiger partial charge < -0.3 is 5.32 Å². The normalized spacial score (nSPS) is 14.3. The molecule has 114 valence electrons. The summed E-state index contributed by atoms with van der Waals surface area (Å²) in [5.74, 6) is -0.693. The minimum atomic E-state index is -3.57. The smallest absolute Gasteiger partial charge is 0.242 e. The Morgan fingerprint density at radius 2 is 1.76 bits per heavy atom. The quantitative estimate of drug-likeness (QED) is 0.904. The lowest BCUT2D eigenvalue weighted by Gasteiger charge is -2.21. The first kappa shape index (κ1) is 17.2. The summed E-state index contributed by atoms with van der Waals surface area (Å²) >= 11 is 0. The molecule has 2 atom stereocenters. The highest BCUT2D eigenvalue weighted by atomic mass is 32.2. The van der Waals surface area contributed by atoms with Crippen molar-refractivity contribution >= 4 is 21.4 Å². The molecule has 0 saturated heterocycles. The average Bonchev–Trinajstić information content (AvgIpc) is 2.45. The molecular weight excluding hydrogens is 288 g/mol. The number of hydrogen-bond acceptors (Lipinski definition) is 4. The van der Waals surface area contributed by atoms with Crippen molar-refractivity contribution in [1.82, 2.24) is 0 Å². The van der Waals surface area contributed by atoms with Gasteiger partial charge in [0.05, 0.1) is 16.5 Å². The lowest BCUT2D eigenvalue weighted by Crippen LogP contribution is -2.39. The fourth-order valence-electron chi connectivity index (χ4n) is 1.77. The van der Waals surface area contributed by atoms with Gasteiger partial charge in [-0.05, 0) is 31.9 Å². The summed E-state index contributed by atoms with van der Waals surface area (Å²) < 4.78 is 24.7. The van der Waals surface area contributed by atoms with Gasteiger partial charge in [0.2, 0.25) is 5.91 Å². The first-order chi connectivity index (χ1) is 9.71. The lowest BCUT2D eigenvalue weighted by molar-refractivity contribution is -0.115. The maximum Gasteiger partial charge on any atom is 0.242 e. The maximum atomic E-state index is 12.3. The Kier molecular flexibility index (Phi) is 5.50. The van der Waals surface area contributed by atoms with E-state index in [1.165, 1.54) is 6.92 Å². The van der Waals surface area contributed by atoms with Gasteiger partial charge in [0, 0.05) is 0 Å². The van der Waals surface area contributed by atoms with Crippen molar-refractivity contribution in [2.75, 3.05) is 5.32 Å². The molecule has 0 spiro atoms. The summed E-state index contributed by atoms with van der Waals surface area (Å²) in [6, 6.07) is 8.44. The highest BCUT2D eigenvalue weighted by molar-refractivity contribution is 7.93. The zero-order chi connectivity index (χ0) is 16.2. The third-order valence-electron chi connectivity index (χ3n) is 3.62. The number of carbonyl (C=O) groups excluding carboxylic acids is 1. The van der Waals surface area contributed by atoms with E-state index in [2.05, 4.69) is 5.32 Å². The Hall–Kier alpha value is -1.87. The van der Waals surface area contributed by atoms with Gasteiger partial charge in [-0.25, -0.2) is 8.42 Å². The number of hydrogen-bond donors (Lipinski definition) is 1. The van der Waals surface area contributed by atoms with Crippen molar-refractivity contribution in [3.63, 3.8) is 0 Å². The summed E-state index contributed by atoms with van der Waals surface area (Å²) in [5, 5.41) is 9.72. The van der Waals surface area contributed by atoms with Crippen LogP contribution in [0.15, 0.2) is 24.3 Å². The van der Waals surface area contributed by atoms with Crippen LogP contribution in [0.5, 0.6) is 0 Å². The van der Waals surface area contributed by atoms with E-state index >= 15 is 0 Å². The van der Waals surface area contributed by atoms with Gasteiger partial charge in [0.25, 0.3) is 0 Å². The number of nitrogens with zero attached hydrogens (tertiary/aromatic N) is 1. The molecule has 2 unspecified atom stereocenters. The number of benzene rings is 1. The van der Waals surface area contributed by atoms with Crippen LogP contribution in [0.2, 0.25) is 0 Å². The molecule has 1 N–H and O–H groups in total. The topological polar surface area (TPSA) is 87.0 Å². The summed E-state index contributed by atoms with van der Waals surface area (Å²) in [6.07, 6.45) is 0. The molecule has 0 aliphatic heterocycles. The van der Waals surface area contributed by atoms with Crippen LogP contribution in [0.3, 0.4) is 0 Å². The molecule has 0 heterocycles. The standard InChI is InChI=1S/C15H20N2O3S/c1-10(2)11(3)21(19,20)12(4)15(18)17-14-8-6-5-7-13(14)9-16/h5-8,10-12H,1-4H3,(H,17,18). The highest BCUT2D eigenvalue weighted by Crippen LogP contribution is 2.19. The lowest BCUT2D eigenvalue weighted by atomic mass is 10.2. The second-order valence-electron chi connectivity index (χ2n) is 5.33.